The lowest BCUT2D eigenvalue weighted by Crippen LogP contribution is -2.45. The number of aryl methyl sites for hydroxylation is 1. The van der Waals surface area contributed by atoms with Gasteiger partial charge in [0.05, 0.1) is 7.11 Å². The Morgan fingerprint density at radius 3 is 2.60 bits per heavy atom. The zero-order chi connectivity index (χ0) is 20.5. The zero-order valence-electron chi connectivity index (χ0n) is 18.4. The van der Waals surface area contributed by atoms with Crippen LogP contribution in [0.25, 0.3) is 0 Å². The number of carbonyl (C=O) groups excluding carboxylic acids is 1. The van der Waals surface area contributed by atoms with E-state index in [1.807, 2.05) is 12.1 Å². The molecular weight excluding hydrogens is 491 g/mol. The van der Waals surface area contributed by atoms with Crippen molar-refractivity contribution in [2.75, 3.05) is 33.3 Å². The van der Waals surface area contributed by atoms with Crippen LogP contribution in [0, 0.1) is 5.92 Å². The summed E-state index contributed by atoms with van der Waals surface area (Å²) in [7, 11) is 1.69. The second kappa shape index (κ2) is 13.0. The fraction of sp³-hybridized carbons (Fsp3) is 0.652. The van der Waals surface area contributed by atoms with Gasteiger partial charge in [0.2, 0.25) is 5.91 Å². The Morgan fingerprint density at radius 1 is 1.20 bits per heavy atom. The molecule has 0 spiro atoms. The van der Waals surface area contributed by atoms with Crippen molar-refractivity contribution in [1.82, 2.24) is 15.5 Å². The van der Waals surface area contributed by atoms with E-state index in [0.29, 0.717) is 11.9 Å². The van der Waals surface area contributed by atoms with Crippen LogP contribution in [0.4, 0.5) is 0 Å². The van der Waals surface area contributed by atoms with Crippen molar-refractivity contribution >= 4 is 35.8 Å². The molecule has 1 aliphatic heterocycles. The normalized spacial score (nSPS) is 19.5. The van der Waals surface area contributed by atoms with Gasteiger partial charge in [-0.05, 0) is 56.7 Å². The van der Waals surface area contributed by atoms with Crippen LogP contribution in [0.15, 0.2) is 29.3 Å². The summed E-state index contributed by atoms with van der Waals surface area (Å²) >= 11 is 0. The Morgan fingerprint density at radius 2 is 1.93 bits per heavy atom. The molecule has 2 fully saturated rings. The van der Waals surface area contributed by atoms with E-state index >= 15 is 0 Å². The minimum Gasteiger partial charge on any atom is -0.497 e. The van der Waals surface area contributed by atoms with Gasteiger partial charge in [-0.3, -0.25) is 9.79 Å². The number of rotatable bonds is 8. The van der Waals surface area contributed by atoms with Crippen molar-refractivity contribution in [3.05, 3.63) is 29.8 Å². The Labute approximate surface area is 198 Å². The molecule has 3 rings (SSSR count). The van der Waals surface area contributed by atoms with Crippen molar-refractivity contribution in [3.8, 4) is 5.75 Å². The monoisotopic (exact) mass is 528 g/mol. The van der Waals surface area contributed by atoms with Crippen molar-refractivity contribution < 1.29 is 9.53 Å². The van der Waals surface area contributed by atoms with Gasteiger partial charge in [-0.1, -0.05) is 25.0 Å². The lowest BCUT2D eigenvalue weighted by molar-refractivity contribution is -0.134. The number of amides is 1. The largest absolute Gasteiger partial charge is 0.497 e. The van der Waals surface area contributed by atoms with Gasteiger partial charge in [-0.25, -0.2) is 0 Å². The SMILES string of the molecule is CCNC(=NCCCc1ccc(OC)cc1)NC1CCN(C(=O)C2CCCC2)C1.I. The number of hydrogen-bond donors (Lipinski definition) is 2. The van der Waals surface area contributed by atoms with E-state index in [4.69, 9.17) is 9.73 Å². The van der Waals surface area contributed by atoms with Gasteiger partial charge in [-0.15, -0.1) is 24.0 Å². The van der Waals surface area contributed by atoms with Crippen molar-refractivity contribution in [2.45, 2.75) is 57.9 Å². The highest BCUT2D eigenvalue weighted by Gasteiger charge is 2.32. The van der Waals surface area contributed by atoms with E-state index < -0.39 is 0 Å². The van der Waals surface area contributed by atoms with E-state index in [1.54, 1.807) is 7.11 Å². The summed E-state index contributed by atoms with van der Waals surface area (Å²) in [6, 6.07) is 8.52. The highest BCUT2D eigenvalue weighted by atomic mass is 127. The van der Waals surface area contributed by atoms with Crippen LogP contribution in [0.2, 0.25) is 0 Å². The summed E-state index contributed by atoms with van der Waals surface area (Å²) in [6.45, 7) is 5.36. The zero-order valence-corrected chi connectivity index (χ0v) is 20.7. The number of guanidine groups is 1. The third-order valence-electron chi connectivity index (χ3n) is 5.94. The first-order valence-electron chi connectivity index (χ1n) is 11.2. The highest BCUT2D eigenvalue weighted by Crippen LogP contribution is 2.27. The number of nitrogens with one attached hydrogen (secondary N) is 2. The first-order valence-corrected chi connectivity index (χ1v) is 11.2. The highest BCUT2D eigenvalue weighted by molar-refractivity contribution is 14.0. The van der Waals surface area contributed by atoms with E-state index in [2.05, 4.69) is 34.6 Å². The molecule has 1 heterocycles. The van der Waals surface area contributed by atoms with Gasteiger partial charge in [0, 0.05) is 38.1 Å². The molecule has 1 unspecified atom stereocenters. The van der Waals surface area contributed by atoms with Crippen LogP contribution >= 0.6 is 24.0 Å². The summed E-state index contributed by atoms with van der Waals surface area (Å²) < 4.78 is 5.20. The standard InChI is InChI=1S/C23H36N4O2.HI/c1-3-24-23(25-15-6-7-18-10-12-21(29-2)13-11-18)26-20-14-16-27(17-20)22(28)19-8-4-5-9-19;/h10-13,19-20H,3-9,14-17H2,1-2H3,(H2,24,25,26);1H. The molecule has 0 bridgehead atoms. The lowest BCUT2D eigenvalue weighted by atomic mass is 10.1. The molecule has 1 aromatic rings. The number of hydrogen-bond acceptors (Lipinski definition) is 3. The second-order valence-electron chi connectivity index (χ2n) is 8.11. The molecular formula is C23H37IN4O2. The minimum atomic E-state index is 0. The van der Waals surface area contributed by atoms with E-state index in [9.17, 15) is 4.79 Å². The topological polar surface area (TPSA) is 66.0 Å². The fourth-order valence-electron chi connectivity index (χ4n) is 4.29. The van der Waals surface area contributed by atoms with E-state index in [0.717, 1.165) is 70.0 Å². The maximum atomic E-state index is 12.6. The number of benzene rings is 1. The predicted molar refractivity (Wildman–Crippen MR) is 133 cm³/mol. The van der Waals surface area contributed by atoms with Crippen LogP contribution in [-0.4, -0.2) is 56.1 Å². The number of carbonyl (C=O) groups is 1. The van der Waals surface area contributed by atoms with Crippen LogP contribution in [0.3, 0.4) is 0 Å². The van der Waals surface area contributed by atoms with Crippen LogP contribution < -0.4 is 15.4 Å². The van der Waals surface area contributed by atoms with Crippen molar-refractivity contribution in [1.29, 1.82) is 0 Å². The Bertz CT molecular complexity index is 674. The number of nitrogens with zero attached hydrogens (tertiary/aromatic N) is 2. The quantitative estimate of drug-likeness (QED) is 0.234. The molecule has 2 N–H and O–H groups in total. The summed E-state index contributed by atoms with van der Waals surface area (Å²) in [6.07, 6.45) is 7.56. The molecule has 30 heavy (non-hydrogen) atoms. The Hall–Kier alpha value is -1.51. The predicted octanol–water partition coefficient (Wildman–Crippen LogP) is 3.59. The molecule has 0 aromatic heterocycles. The molecule has 0 radical (unpaired) electrons. The smallest absolute Gasteiger partial charge is 0.225 e. The molecule has 7 heteroatoms. The van der Waals surface area contributed by atoms with Gasteiger partial charge in [0.15, 0.2) is 5.96 Å². The first-order chi connectivity index (χ1) is 14.2. The number of likely N-dealkylation sites (tertiary alicyclic amines) is 1. The molecule has 1 aromatic carbocycles. The van der Waals surface area contributed by atoms with E-state index in [1.165, 1.54) is 18.4 Å². The van der Waals surface area contributed by atoms with Crippen LogP contribution in [0.5, 0.6) is 5.75 Å². The average molecular weight is 528 g/mol. The molecule has 6 nitrogen and oxygen atoms in total. The fourth-order valence-corrected chi connectivity index (χ4v) is 4.29. The van der Waals surface area contributed by atoms with Gasteiger partial charge in [0.25, 0.3) is 0 Å². The lowest BCUT2D eigenvalue weighted by Gasteiger charge is -2.21. The third kappa shape index (κ3) is 7.32. The summed E-state index contributed by atoms with van der Waals surface area (Å²) in [5, 5.41) is 6.88. The maximum Gasteiger partial charge on any atom is 0.225 e. The molecule has 1 aliphatic carbocycles. The molecule has 1 atom stereocenters. The maximum absolute atomic E-state index is 12.6. The number of methoxy groups -OCH3 is 1. The number of halogens is 1. The van der Waals surface area contributed by atoms with Gasteiger partial charge in [-0.2, -0.15) is 0 Å². The average Bonchev–Trinajstić information content (AvgIpc) is 3.43. The number of aliphatic imine (C=N–C) groups is 1. The second-order valence-corrected chi connectivity index (χ2v) is 8.11. The molecule has 1 amide bonds. The minimum absolute atomic E-state index is 0. The summed E-state index contributed by atoms with van der Waals surface area (Å²) in [4.78, 5) is 19.4. The van der Waals surface area contributed by atoms with Gasteiger partial charge >= 0.3 is 0 Å². The molecule has 168 valence electrons. The van der Waals surface area contributed by atoms with Crippen molar-refractivity contribution in [2.24, 2.45) is 10.9 Å². The van der Waals surface area contributed by atoms with Gasteiger partial charge in [0.1, 0.15) is 5.75 Å². The summed E-state index contributed by atoms with van der Waals surface area (Å²) in [5.41, 5.74) is 1.30. The first kappa shape index (κ1) is 24.8. The Kier molecular flexibility index (Phi) is 10.7. The third-order valence-corrected chi connectivity index (χ3v) is 5.94. The molecule has 2 aliphatic rings. The van der Waals surface area contributed by atoms with Crippen LogP contribution in [-0.2, 0) is 11.2 Å². The molecule has 1 saturated carbocycles. The summed E-state index contributed by atoms with van der Waals surface area (Å²) in [5.74, 6) is 2.40. The molecule has 1 saturated heterocycles. The number of ether oxygens (including phenoxy) is 1. The Balaban J connectivity index is 0.00000320. The van der Waals surface area contributed by atoms with Crippen molar-refractivity contribution in [3.63, 3.8) is 0 Å². The van der Waals surface area contributed by atoms with Crippen LogP contribution in [0.1, 0.15) is 51.0 Å². The van der Waals surface area contributed by atoms with E-state index in [-0.39, 0.29) is 29.9 Å². The van der Waals surface area contributed by atoms with Gasteiger partial charge < -0.3 is 20.3 Å².